The van der Waals surface area contributed by atoms with Crippen LogP contribution < -0.4 is 5.32 Å². The highest BCUT2D eigenvalue weighted by Crippen LogP contribution is 2.15. The molecule has 32 heavy (non-hydrogen) atoms. The van der Waals surface area contributed by atoms with Crippen LogP contribution in [0.5, 0.6) is 0 Å². The molecule has 0 atom stereocenters. The number of carbonyl (C=O) groups excluding carboxylic acids is 1. The lowest BCUT2D eigenvalue weighted by Gasteiger charge is -2.08. The van der Waals surface area contributed by atoms with Gasteiger partial charge < -0.3 is 10.2 Å². The molecule has 178 valence electrons. The number of hydrogen-bond donors (Lipinski definition) is 2. The number of unbranched alkanes of at least 4 members (excludes halogenated alkanes) is 2. The van der Waals surface area contributed by atoms with Crippen LogP contribution in [0.15, 0.2) is 64.1 Å². The first-order valence-electron chi connectivity index (χ1n) is 12.0. The molecule has 0 aliphatic carbocycles. The van der Waals surface area contributed by atoms with E-state index in [1.165, 1.54) is 48.9 Å². The summed E-state index contributed by atoms with van der Waals surface area (Å²) in [6.07, 6.45) is 16.4. The molecule has 0 spiro atoms. The third kappa shape index (κ3) is 13.6. The van der Waals surface area contributed by atoms with Gasteiger partial charge in [-0.1, -0.05) is 53.5 Å². The Balaban J connectivity index is 2.21. The zero-order valence-electron chi connectivity index (χ0n) is 20.9. The first-order valence-corrected chi connectivity index (χ1v) is 12.4. The lowest BCUT2D eigenvalue weighted by Crippen LogP contribution is -2.23. The normalized spacial score (nSPS) is 13.0. The molecule has 0 radical (unpaired) electrons. The molecule has 0 aromatic heterocycles. The average Bonchev–Trinajstić information content (AvgIpc) is 2.73. The van der Waals surface area contributed by atoms with E-state index in [1.54, 1.807) is 6.07 Å². The van der Waals surface area contributed by atoms with Gasteiger partial charge in [0.05, 0.1) is 5.56 Å². The lowest BCUT2D eigenvalue weighted by molar-refractivity contribution is 0.0955. The number of nitrogens with one attached hydrogen (secondary N) is 1. The zero-order valence-corrected chi connectivity index (χ0v) is 21.8. The van der Waals surface area contributed by atoms with Crippen LogP contribution in [0.25, 0.3) is 0 Å². The Morgan fingerprint density at radius 2 is 1.47 bits per heavy atom. The van der Waals surface area contributed by atoms with Gasteiger partial charge >= 0.3 is 0 Å². The van der Waals surface area contributed by atoms with E-state index >= 15 is 0 Å². The van der Waals surface area contributed by atoms with Crippen molar-refractivity contribution in [3.63, 3.8) is 0 Å². The van der Waals surface area contributed by atoms with Crippen molar-refractivity contribution in [2.45, 2.75) is 77.0 Å². The number of carbonyl (C=O) groups is 1. The molecule has 1 aromatic rings. The highest BCUT2D eigenvalue weighted by atomic mass is 32.1. The van der Waals surface area contributed by atoms with Crippen molar-refractivity contribution < 1.29 is 4.79 Å². The van der Waals surface area contributed by atoms with Gasteiger partial charge in [-0.3, -0.25) is 4.79 Å². The van der Waals surface area contributed by atoms with E-state index in [0.29, 0.717) is 17.0 Å². The molecule has 0 fully saturated rings. The summed E-state index contributed by atoms with van der Waals surface area (Å²) in [5.41, 5.74) is 4.92. The van der Waals surface area contributed by atoms with Crippen LogP contribution >= 0.6 is 12.6 Å². The van der Waals surface area contributed by atoms with Crippen LogP contribution in [0.3, 0.4) is 0 Å². The summed E-state index contributed by atoms with van der Waals surface area (Å²) in [5.74, 6) is -0.0766. The van der Waals surface area contributed by atoms with Crippen molar-refractivity contribution in [1.29, 1.82) is 0 Å². The fraction of sp³-hybridized carbons (Fsp3) is 0.536. The smallest absolute Gasteiger partial charge is 0.252 e. The monoisotopic (exact) mass is 456 g/mol. The number of rotatable bonds is 15. The van der Waals surface area contributed by atoms with Gasteiger partial charge in [0.2, 0.25) is 0 Å². The quantitative estimate of drug-likeness (QED) is 0.166. The van der Waals surface area contributed by atoms with E-state index in [9.17, 15) is 4.79 Å². The van der Waals surface area contributed by atoms with Crippen molar-refractivity contribution in [3.05, 3.63) is 64.8 Å². The number of allylic oxidation sites excluding steroid dienone is 5. The van der Waals surface area contributed by atoms with E-state index in [2.05, 4.69) is 75.9 Å². The number of hydrogen-bond acceptors (Lipinski definition) is 3. The minimum atomic E-state index is -0.0766. The lowest BCUT2D eigenvalue weighted by atomic mass is 10.0. The van der Waals surface area contributed by atoms with Gasteiger partial charge in [0.25, 0.3) is 5.91 Å². The first-order chi connectivity index (χ1) is 15.3. The van der Waals surface area contributed by atoms with Crippen LogP contribution in [-0.2, 0) is 0 Å². The molecule has 3 nitrogen and oxygen atoms in total. The van der Waals surface area contributed by atoms with Gasteiger partial charge in [-0.2, -0.15) is 0 Å². The molecule has 1 rings (SSSR count). The van der Waals surface area contributed by atoms with Gasteiger partial charge in [-0.05, 0) is 98.5 Å². The molecule has 0 heterocycles. The Labute approximate surface area is 202 Å². The predicted molar refractivity (Wildman–Crippen MR) is 143 cm³/mol. The second kappa shape index (κ2) is 16.8. The SMILES string of the molecule is CC(=CCCC(C)=CCNC(=O)c1ccccc1S)CCC=C(C)CCCCCN(C)C. The van der Waals surface area contributed by atoms with E-state index in [0.717, 1.165) is 25.7 Å². The predicted octanol–water partition coefficient (Wildman–Crippen LogP) is 7.23. The van der Waals surface area contributed by atoms with Gasteiger partial charge in [0.15, 0.2) is 0 Å². The number of benzene rings is 1. The maximum atomic E-state index is 12.2. The van der Waals surface area contributed by atoms with Crippen molar-refractivity contribution >= 4 is 18.5 Å². The second-order valence-electron chi connectivity index (χ2n) is 9.07. The molecule has 0 saturated carbocycles. The van der Waals surface area contributed by atoms with Crippen molar-refractivity contribution in [2.24, 2.45) is 0 Å². The average molecular weight is 457 g/mol. The molecule has 0 bridgehead atoms. The van der Waals surface area contributed by atoms with Gasteiger partial charge in [0.1, 0.15) is 0 Å². The van der Waals surface area contributed by atoms with Crippen LogP contribution in [0, 0.1) is 0 Å². The van der Waals surface area contributed by atoms with Crippen molar-refractivity contribution in [2.75, 3.05) is 27.2 Å². The summed E-state index contributed by atoms with van der Waals surface area (Å²) in [5, 5.41) is 2.95. The largest absolute Gasteiger partial charge is 0.349 e. The maximum absolute atomic E-state index is 12.2. The fourth-order valence-electron chi connectivity index (χ4n) is 3.49. The van der Waals surface area contributed by atoms with E-state index in [1.807, 2.05) is 18.2 Å². The van der Waals surface area contributed by atoms with Crippen molar-refractivity contribution in [3.8, 4) is 0 Å². The highest BCUT2D eigenvalue weighted by molar-refractivity contribution is 7.80. The topological polar surface area (TPSA) is 32.3 Å². The minimum Gasteiger partial charge on any atom is -0.349 e. The Kier molecular flexibility index (Phi) is 14.8. The third-order valence-electron chi connectivity index (χ3n) is 5.60. The van der Waals surface area contributed by atoms with E-state index in [4.69, 9.17) is 0 Å². The van der Waals surface area contributed by atoms with E-state index in [-0.39, 0.29) is 5.91 Å². The number of nitrogens with zero attached hydrogens (tertiary/aromatic N) is 1. The summed E-state index contributed by atoms with van der Waals surface area (Å²) in [7, 11) is 4.28. The first kappa shape index (κ1) is 28.3. The molecule has 0 aliphatic rings. The number of amides is 1. The standard InChI is InChI=1S/C28H44N2OS/c1-23(13-7-6-10-22-30(4)5)14-11-15-24(2)16-12-17-25(3)20-21-29-28(31)26-18-8-9-19-27(26)32/h8-9,14,16,18-20,32H,6-7,10-13,15,17,21-22H2,1-5H3,(H,29,31). The molecular formula is C28H44N2OS. The summed E-state index contributed by atoms with van der Waals surface area (Å²) < 4.78 is 0. The van der Waals surface area contributed by atoms with E-state index < -0.39 is 0 Å². The molecule has 0 unspecified atom stereocenters. The Hall–Kier alpha value is -1.78. The summed E-state index contributed by atoms with van der Waals surface area (Å²) in [6, 6.07) is 7.36. The molecule has 0 saturated heterocycles. The molecule has 4 heteroatoms. The second-order valence-corrected chi connectivity index (χ2v) is 9.55. The molecule has 1 N–H and O–H groups in total. The molecular weight excluding hydrogens is 412 g/mol. The maximum Gasteiger partial charge on any atom is 0.252 e. The van der Waals surface area contributed by atoms with Crippen LogP contribution in [0.2, 0.25) is 0 Å². The molecule has 1 aromatic carbocycles. The minimum absolute atomic E-state index is 0.0766. The summed E-state index contributed by atoms with van der Waals surface area (Å²) in [4.78, 5) is 15.2. The Bertz CT molecular complexity index is 777. The van der Waals surface area contributed by atoms with Crippen LogP contribution in [0.4, 0.5) is 0 Å². The van der Waals surface area contributed by atoms with Gasteiger partial charge in [-0.15, -0.1) is 12.6 Å². The third-order valence-corrected chi connectivity index (χ3v) is 5.99. The molecule has 1 amide bonds. The van der Waals surface area contributed by atoms with Crippen LogP contribution in [0.1, 0.15) is 82.5 Å². The van der Waals surface area contributed by atoms with Crippen LogP contribution in [-0.4, -0.2) is 38.0 Å². The number of thiol groups is 1. The highest BCUT2D eigenvalue weighted by Gasteiger charge is 2.06. The Morgan fingerprint density at radius 3 is 2.09 bits per heavy atom. The Morgan fingerprint density at radius 1 is 0.875 bits per heavy atom. The summed E-state index contributed by atoms with van der Waals surface area (Å²) in [6.45, 7) is 8.38. The van der Waals surface area contributed by atoms with Crippen molar-refractivity contribution in [1.82, 2.24) is 10.2 Å². The van der Waals surface area contributed by atoms with Gasteiger partial charge in [-0.25, -0.2) is 0 Å². The fourth-order valence-corrected chi connectivity index (χ4v) is 3.75. The molecule has 0 aliphatic heterocycles. The zero-order chi connectivity index (χ0) is 23.8. The van der Waals surface area contributed by atoms with Gasteiger partial charge in [0, 0.05) is 11.4 Å². The summed E-state index contributed by atoms with van der Waals surface area (Å²) >= 11 is 4.34.